The van der Waals surface area contributed by atoms with Crippen LogP contribution in [0.1, 0.15) is 5.56 Å². The summed E-state index contributed by atoms with van der Waals surface area (Å²) in [4.78, 5) is 19.6. The molecule has 5 rings (SSSR count). The second kappa shape index (κ2) is 9.21. The first kappa shape index (κ1) is 20.2. The van der Waals surface area contributed by atoms with Crippen LogP contribution in [-0.2, 0) is 6.54 Å². The number of aromatic nitrogens is 1. The second-order valence-electron chi connectivity index (χ2n) is 7.68. The molecule has 1 saturated heterocycles. The van der Waals surface area contributed by atoms with Crippen LogP contribution in [0, 0.1) is 0 Å². The van der Waals surface area contributed by atoms with Gasteiger partial charge in [-0.05, 0) is 35.9 Å². The minimum Gasteiger partial charge on any atom is -0.436 e. The predicted molar refractivity (Wildman–Crippen MR) is 124 cm³/mol. The molecule has 2 heterocycles. The van der Waals surface area contributed by atoms with Gasteiger partial charge in [-0.15, -0.1) is 0 Å². The maximum atomic E-state index is 12.4. The third-order valence-electron chi connectivity index (χ3n) is 5.45. The lowest BCUT2D eigenvalue weighted by atomic mass is 10.1. The second-order valence-corrected chi connectivity index (χ2v) is 7.68. The number of oxazole rings is 1. The number of hydrogen-bond donors (Lipinski definition) is 2. The Morgan fingerprint density at radius 3 is 2.62 bits per heavy atom. The Morgan fingerprint density at radius 1 is 1.00 bits per heavy atom. The lowest BCUT2D eigenvalue weighted by molar-refractivity contribution is 0.215. The van der Waals surface area contributed by atoms with Crippen molar-refractivity contribution in [2.45, 2.75) is 6.54 Å². The molecule has 0 bridgehead atoms. The van der Waals surface area contributed by atoms with Crippen molar-refractivity contribution in [2.75, 3.05) is 31.5 Å². The highest BCUT2D eigenvalue weighted by Gasteiger charge is 2.18. The number of nitrogens with zero attached hydrogens (tertiary/aromatic N) is 2. The topological polar surface area (TPSA) is 79.6 Å². The Balaban J connectivity index is 1.40. The molecule has 0 atom stereocenters. The molecule has 2 N–H and O–H groups in total. The van der Waals surface area contributed by atoms with E-state index in [9.17, 15) is 4.79 Å². The third kappa shape index (κ3) is 4.49. The van der Waals surface area contributed by atoms with Crippen LogP contribution in [0.5, 0.6) is 5.75 Å². The molecule has 0 unspecified atom stereocenters. The Morgan fingerprint density at radius 2 is 1.78 bits per heavy atom. The van der Waals surface area contributed by atoms with Crippen LogP contribution in [0.25, 0.3) is 22.6 Å². The molecule has 1 aromatic heterocycles. The largest absolute Gasteiger partial charge is 0.436 e. The Kier molecular flexibility index (Phi) is 5.83. The minimum absolute atomic E-state index is 0.461. The molecule has 4 aromatic rings. The highest BCUT2D eigenvalue weighted by Crippen LogP contribution is 2.31. The van der Waals surface area contributed by atoms with Crippen molar-refractivity contribution in [3.8, 4) is 17.2 Å². The predicted octanol–water partition coefficient (Wildman–Crippen LogP) is 4.51. The fraction of sp³-hybridized carbons (Fsp3) is 0.200. The highest BCUT2D eigenvalue weighted by atomic mass is 16.6. The van der Waals surface area contributed by atoms with Crippen molar-refractivity contribution in [1.82, 2.24) is 15.2 Å². The number of fused-ring (bicyclic) bond motifs is 1. The minimum atomic E-state index is -0.570. The van der Waals surface area contributed by atoms with Crippen molar-refractivity contribution in [3.05, 3.63) is 78.4 Å². The molecule has 1 aliphatic rings. The number of anilines is 1. The SMILES string of the molecule is O=C(Nc1ccccc1-c1nc2c(CN3CCNCC3)cccc2o1)Oc1ccccc1. The zero-order valence-corrected chi connectivity index (χ0v) is 17.6. The lowest BCUT2D eigenvalue weighted by Crippen LogP contribution is -2.42. The summed E-state index contributed by atoms with van der Waals surface area (Å²) in [5.41, 5.74) is 3.98. The number of hydrogen-bond acceptors (Lipinski definition) is 6. The van der Waals surface area contributed by atoms with E-state index < -0.39 is 6.09 Å². The summed E-state index contributed by atoms with van der Waals surface area (Å²) in [5.74, 6) is 0.935. The summed E-state index contributed by atoms with van der Waals surface area (Å²) in [6.07, 6.45) is -0.570. The summed E-state index contributed by atoms with van der Waals surface area (Å²) in [7, 11) is 0. The van der Waals surface area contributed by atoms with Crippen molar-refractivity contribution < 1.29 is 13.9 Å². The van der Waals surface area contributed by atoms with E-state index in [0.29, 0.717) is 22.9 Å². The summed E-state index contributed by atoms with van der Waals surface area (Å²) in [6, 6.07) is 22.4. The summed E-state index contributed by atoms with van der Waals surface area (Å²) in [5, 5.41) is 6.19. The monoisotopic (exact) mass is 428 g/mol. The normalized spacial score (nSPS) is 14.4. The standard InChI is InChI=1S/C25H24N4O3/c30-25(31-19-8-2-1-3-9-19)27-21-11-5-4-10-20(21)24-28-23-18(7-6-12-22(23)32-24)17-29-15-13-26-14-16-29/h1-12,26H,13-17H2,(H,27,30). The number of benzene rings is 3. The van der Waals surface area contributed by atoms with Gasteiger partial charge in [-0.1, -0.05) is 42.5 Å². The van der Waals surface area contributed by atoms with E-state index in [-0.39, 0.29) is 0 Å². The average Bonchev–Trinajstić information content (AvgIpc) is 3.26. The number of para-hydroxylation sites is 3. The fourth-order valence-corrected chi connectivity index (χ4v) is 3.87. The molecule has 1 fully saturated rings. The van der Waals surface area contributed by atoms with Crippen LogP contribution >= 0.6 is 0 Å². The Bertz CT molecular complexity index is 1220. The van der Waals surface area contributed by atoms with Gasteiger partial charge in [0.2, 0.25) is 5.89 Å². The van der Waals surface area contributed by atoms with E-state index >= 15 is 0 Å². The van der Waals surface area contributed by atoms with Crippen LogP contribution in [0.2, 0.25) is 0 Å². The van der Waals surface area contributed by atoms with E-state index in [1.54, 1.807) is 18.2 Å². The molecule has 0 saturated carbocycles. The zero-order chi connectivity index (χ0) is 21.8. The average molecular weight is 428 g/mol. The zero-order valence-electron chi connectivity index (χ0n) is 17.6. The molecular formula is C25H24N4O3. The quantitative estimate of drug-likeness (QED) is 0.487. The molecule has 7 heteroatoms. The molecule has 162 valence electrons. The van der Waals surface area contributed by atoms with Crippen molar-refractivity contribution >= 4 is 22.9 Å². The van der Waals surface area contributed by atoms with Gasteiger partial charge in [0, 0.05) is 32.7 Å². The molecule has 0 radical (unpaired) electrons. The van der Waals surface area contributed by atoms with E-state index in [1.807, 2.05) is 48.5 Å². The van der Waals surface area contributed by atoms with Gasteiger partial charge >= 0.3 is 6.09 Å². The molecule has 32 heavy (non-hydrogen) atoms. The van der Waals surface area contributed by atoms with Gasteiger partial charge in [-0.3, -0.25) is 10.2 Å². The molecule has 0 spiro atoms. The third-order valence-corrected chi connectivity index (χ3v) is 5.45. The van der Waals surface area contributed by atoms with Gasteiger partial charge in [-0.2, -0.15) is 0 Å². The van der Waals surface area contributed by atoms with E-state index in [1.165, 1.54) is 0 Å². The molecular weight excluding hydrogens is 404 g/mol. The van der Waals surface area contributed by atoms with Gasteiger partial charge in [0.15, 0.2) is 5.58 Å². The van der Waals surface area contributed by atoms with Crippen molar-refractivity contribution in [2.24, 2.45) is 0 Å². The first-order valence-electron chi connectivity index (χ1n) is 10.7. The first-order valence-corrected chi connectivity index (χ1v) is 10.7. The number of nitrogens with one attached hydrogen (secondary N) is 2. The molecule has 3 aromatic carbocycles. The number of ether oxygens (including phenoxy) is 1. The highest BCUT2D eigenvalue weighted by molar-refractivity contribution is 5.92. The van der Waals surface area contributed by atoms with Crippen LogP contribution in [-0.4, -0.2) is 42.2 Å². The lowest BCUT2D eigenvalue weighted by Gasteiger charge is -2.27. The van der Waals surface area contributed by atoms with Crippen molar-refractivity contribution in [3.63, 3.8) is 0 Å². The molecule has 1 aliphatic heterocycles. The van der Waals surface area contributed by atoms with E-state index in [2.05, 4.69) is 21.6 Å². The fourth-order valence-electron chi connectivity index (χ4n) is 3.87. The van der Waals surface area contributed by atoms with Gasteiger partial charge in [-0.25, -0.2) is 9.78 Å². The number of carbonyl (C=O) groups is 1. The smallest absolute Gasteiger partial charge is 0.417 e. The maximum absolute atomic E-state index is 12.4. The van der Waals surface area contributed by atoms with Gasteiger partial charge < -0.3 is 14.5 Å². The summed E-state index contributed by atoms with van der Waals surface area (Å²) in [6.45, 7) is 4.85. The molecule has 7 nitrogen and oxygen atoms in total. The number of carbonyl (C=O) groups excluding carboxylic acids is 1. The van der Waals surface area contributed by atoms with Gasteiger partial charge in [0.25, 0.3) is 0 Å². The Hall–Kier alpha value is -3.68. The van der Waals surface area contributed by atoms with Gasteiger partial charge in [0.05, 0.1) is 11.3 Å². The van der Waals surface area contributed by atoms with Crippen LogP contribution in [0.3, 0.4) is 0 Å². The van der Waals surface area contributed by atoms with Gasteiger partial charge in [0.1, 0.15) is 11.3 Å². The van der Waals surface area contributed by atoms with Crippen LogP contribution in [0.15, 0.2) is 77.2 Å². The molecule has 1 amide bonds. The van der Waals surface area contributed by atoms with Crippen LogP contribution in [0.4, 0.5) is 10.5 Å². The number of rotatable bonds is 5. The first-order chi connectivity index (χ1) is 15.8. The maximum Gasteiger partial charge on any atom is 0.417 e. The van der Waals surface area contributed by atoms with E-state index in [4.69, 9.17) is 14.1 Å². The van der Waals surface area contributed by atoms with Crippen LogP contribution < -0.4 is 15.4 Å². The summed E-state index contributed by atoms with van der Waals surface area (Å²) < 4.78 is 11.5. The number of amides is 1. The molecule has 0 aliphatic carbocycles. The number of piperazine rings is 1. The van der Waals surface area contributed by atoms with Crippen molar-refractivity contribution in [1.29, 1.82) is 0 Å². The summed E-state index contributed by atoms with van der Waals surface area (Å²) >= 11 is 0. The van der Waals surface area contributed by atoms with E-state index in [0.717, 1.165) is 49.4 Å². The Labute approximate surface area is 186 Å².